The molecular formula is C21H17FN4O4S. The third-order valence-electron chi connectivity index (χ3n) is 4.18. The standard InChI is InChI=1S/C21H17FN4O4S/c22-15-4-2-1-3-14(15)21(28)24-18-7-8-20(26-25-18)31-12-19(27)23-13-5-6-16-17(11-13)30-10-9-29-16/h1-8,11H,9-10,12H2,(H,23,27)(H,24,25,28). The van der Waals surface area contributed by atoms with Gasteiger partial charge in [0.1, 0.15) is 24.1 Å². The molecule has 4 rings (SSSR count). The lowest BCUT2D eigenvalue weighted by Crippen LogP contribution is -2.17. The van der Waals surface area contributed by atoms with E-state index >= 15 is 0 Å². The SMILES string of the molecule is O=C(CSc1ccc(NC(=O)c2ccccc2F)nn1)Nc1ccc2c(c1)OCCO2. The fourth-order valence-corrected chi connectivity index (χ4v) is 3.36. The summed E-state index contributed by atoms with van der Waals surface area (Å²) in [6, 6.07) is 14.0. The number of carbonyl (C=O) groups excluding carboxylic acids is 2. The number of rotatable bonds is 6. The summed E-state index contributed by atoms with van der Waals surface area (Å²) >= 11 is 1.19. The molecule has 3 aromatic rings. The summed E-state index contributed by atoms with van der Waals surface area (Å²) in [6.45, 7) is 0.970. The van der Waals surface area contributed by atoms with Crippen LogP contribution in [-0.2, 0) is 4.79 Å². The van der Waals surface area contributed by atoms with E-state index in [0.29, 0.717) is 35.4 Å². The molecule has 1 aromatic heterocycles. The number of nitrogens with one attached hydrogen (secondary N) is 2. The van der Waals surface area contributed by atoms with Crippen molar-refractivity contribution in [3.05, 3.63) is 66.0 Å². The predicted octanol–water partition coefficient (Wildman–Crippen LogP) is 3.37. The van der Waals surface area contributed by atoms with Gasteiger partial charge in [0.15, 0.2) is 17.3 Å². The van der Waals surface area contributed by atoms with Crippen LogP contribution in [0.1, 0.15) is 10.4 Å². The Kier molecular flexibility index (Phi) is 6.27. The van der Waals surface area contributed by atoms with Crippen LogP contribution in [0.2, 0.25) is 0 Å². The van der Waals surface area contributed by atoms with Crippen LogP contribution in [0.4, 0.5) is 15.9 Å². The predicted molar refractivity (Wildman–Crippen MR) is 113 cm³/mol. The maximum Gasteiger partial charge on any atom is 0.259 e. The van der Waals surface area contributed by atoms with Gasteiger partial charge in [0.2, 0.25) is 5.91 Å². The molecule has 0 bridgehead atoms. The van der Waals surface area contributed by atoms with Crippen molar-refractivity contribution in [2.45, 2.75) is 5.03 Å². The number of nitrogens with zero attached hydrogens (tertiary/aromatic N) is 2. The molecule has 0 spiro atoms. The molecule has 8 nitrogen and oxygen atoms in total. The Bertz CT molecular complexity index is 1110. The quantitative estimate of drug-likeness (QED) is 0.567. The smallest absolute Gasteiger partial charge is 0.259 e. The molecule has 0 aliphatic carbocycles. The van der Waals surface area contributed by atoms with E-state index in [2.05, 4.69) is 20.8 Å². The number of hydrogen-bond acceptors (Lipinski definition) is 7. The highest BCUT2D eigenvalue weighted by Crippen LogP contribution is 2.32. The largest absolute Gasteiger partial charge is 0.486 e. The van der Waals surface area contributed by atoms with E-state index < -0.39 is 11.7 Å². The monoisotopic (exact) mass is 440 g/mol. The van der Waals surface area contributed by atoms with E-state index in [1.54, 1.807) is 30.3 Å². The average Bonchev–Trinajstić information content (AvgIpc) is 2.79. The van der Waals surface area contributed by atoms with Crippen LogP contribution in [0.5, 0.6) is 11.5 Å². The van der Waals surface area contributed by atoms with E-state index in [1.165, 1.54) is 36.0 Å². The first-order valence-electron chi connectivity index (χ1n) is 9.30. The van der Waals surface area contributed by atoms with Gasteiger partial charge in [-0.25, -0.2) is 4.39 Å². The van der Waals surface area contributed by atoms with Crippen LogP contribution in [0, 0.1) is 5.82 Å². The van der Waals surface area contributed by atoms with Crippen LogP contribution in [0.25, 0.3) is 0 Å². The molecule has 2 aromatic carbocycles. The highest BCUT2D eigenvalue weighted by molar-refractivity contribution is 7.99. The van der Waals surface area contributed by atoms with Crippen molar-refractivity contribution in [3.8, 4) is 11.5 Å². The Morgan fingerprint density at radius 1 is 0.968 bits per heavy atom. The second-order valence-corrected chi connectivity index (χ2v) is 7.38. The first-order valence-corrected chi connectivity index (χ1v) is 10.3. The van der Waals surface area contributed by atoms with Crippen molar-refractivity contribution < 1.29 is 23.5 Å². The molecule has 0 unspecified atom stereocenters. The van der Waals surface area contributed by atoms with Crippen LogP contribution in [0.3, 0.4) is 0 Å². The molecule has 0 radical (unpaired) electrons. The van der Waals surface area contributed by atoms with Gasteiger partial charge in [-0.1, -0.05) is 23.9 Å². The number of aromatic nitrogens is 2. The van der Waals surface area contributed by atoms with Crippen molar-refractivity contribution in [2.75, 3.05) is 29.6 Å². The molecule has 0 atom stereocenters. The number of halogens is 1. The summed E-state index contributed by atoms with van der Waals surface area (Å²) < 4.78 is 24.6. The van der Waals surface area contributed by atoms with E-state index in [9.17, 15) is 14.0 Å². The molecule has 1 aliphatic rings. The highest BCUT2D eigenvalue weighted by Gasteiger charge is 2.14. The number of hydrogen-bond donors (Lipinski definition) is 2. The summed E-state index contributed by atoms with van der Waals surface area (Å²) in [5, 5.41) is 13.6. The van der Waals surface area contributed by atoms with Crippen molar-refractivity contribution in [1.82, 2.24) is 10.2 Å². The molecule has 0 saturated heterocycles. The zero-order valence-electron chi connectivity index (χ0n) is 16.1. The van der Waals surface area contributed by atoms with Gasteiger partial charge in [-0.2, -0.15) is 0 Å². The molecule has 10 heteroatoms. The van der Waals surface area contributed by atoms with E-state index in [-0.39, 0.29) is 23.0 Å². The van der Waals surface area contributed by atoms with E-state index in [1.807, 2.05) is 0 Å². The Morgan fingerprint density at radius 2 is 1.77 bits per heavy atom. The molecule has 2 amide bonds. The van der Waals surface area contributed by atoms with Crippen molar-refractivity contribution in [2.24, 2.45) is 0 Å². The van der Waals surface area contributed by atoms with E-state index in [0.717, 1.165) is 0 Å². The van der Waals surface area contributed by atoms with Crippen LogP contribution in [-0.4, -0.2) is 41.0 Å². The highest BCUT2D eigenvalue weighted by atomic mass is 32.2. The Balaban J connectivity index is 1.28. The molecule has 1 aliphatic heterocycles. The lowest BCUT2D eigenvalue weighted by atomic mass is 10.2. The van der Waals surface area contributed by atoms with Crippen molar-refractivity contribution in [3.63, 3.8) is 0 Å². The first kappa shape index (κ1) is 20.6. The molecule has 31 heavy (non-hydrogen) atoms. The zero-order chi connectivity index (χ0) is 21.6. The second-order valence-electron chi connectivity index (χ2n) is 6.39. The minimum absolute atomic E-state index is 0.0847. The summed E-state index contributed by atoms with van der Waals surface area (Å²) in [6.07, 6.45) is 0. The topological polar surface area (TPSA) is 102 Å². The summed E-state index contributed by atoms with van der Waals surface area (Å²) in [7, 11) is 0. The Morgan fingerprint density at radius 3 is 2.55 bits per heavy atom. The summed E-state index contributed by atoms with van der Waals surface area (Å²) in [5.74, 6) is 0.0746. The fraction of sp³-hybridized carbons (Fsp3) is 0.143. The molecular weight excluding hydrogens is 423 g/mol. The molecule has 2 heterocycles. The van der Waals surface area contributed by atoms with Gasteiger partial charge in [0.25, 0.3) is 5.91 Å². The second kappa shape index (κ2) is 9.43. The lowest BCUT2D eigenvalue weighted by Gasteiger charge is -2.18. The van der Waals surface area contributed by atoms with Gasteiger partial charge >= 0.3 is 0 Å². The minimum Gasteiger partial charge on any atom is -0.486 e. The number of anilines is 2. The minimum atomic E-state index is -0.621. The van der Waals surface area contributed by atoms with Gasteiger partial charge in [0.05, 0.1) is 11.3 Å². The third kappa shape index (κ3) is 5.28. The summed E-state index contributed by atoms with van der Waals surface area (Å²) in [4.78, 5) is 24.3. The number of amides is 2. The van der Waals surface area contributed by atoms with Gasteiger partial charge in [-0.3, -0.25) is 9.59 Å². The number of ether oxygens (including phenoxy) is 2. The maximum atomic E-state index is 13.7. The molecule has 2 N–H and O–H groups in total. The Labute approximate surface area is 181 Å². The van der Waals surface area contributed by atoms with Crippen molar-refractivity contribution in [1.29, 1.82) is 0 Å². The van der Waals surface area contributed by atoms with Crippen molar-refractivity contribution >= 4 is 35.1 Å². The van der Waals surface area contributed by atoms with Gasteiger partial charge in [-0.05, 0) is 36.4 Å². The van der Waals surface area contributed by atoms with Gasteiger partial charge in [-0.15, -0.1) is 10.2 Å². The summed E-state index contributed by atoms with van der Waals surface area (Å²) in [5.41, 5.74) is 0.519. The molecule has 0 saturated carbocycles. The molecule has 0 fully saturated rings. The van der Waals surface area contributed by atoms with Crippen LogP contribution < -0.4 is 20.1 Å². The van der Waals surface area contributed by atoms with Gasteiger partial charge in [0, 0.05) is 11.8 Å². The van der Waals surface area contributed by atoms with E-state index in [4.69, 9.17) is 9.47 Å². The van der Waals surface area contributed by atoms with Crippen LogP contribution in [0.15, 0.2) is 59.6 Å². The third-order valence-corrected chi connectivity index (χ3v) is 5.10. The van der Waals surface area contributed by atoms with Gasteiger partial charge < -0.3 is 20.1 Å². The number of thioether (sulfide) groups is 1. The van der Waals surface area contributed by atoms with Crippen LogP contribution >= 0.6 is 11.8 Å². The molecule has 158 valence electrons. The average molecular weight is 440 g/mol. The maximum absolute atomic E-state index is 13.7. The normalized spacial score (nSPS) is 12.2. The fourth-order valence-electron chi connectivity index (χ4n) is 2.75. The zero-order valence-corrected chi connectivity index (χ0v) is 16.9. The Hall–Kier alpha value is -3.66. The number of benzene rings is 2. The number of carbonyl (C=O) groups is 2. The lowest BCUT2D eigenvalue weighted by molar-refractivity contribution is -0.113. The number of fused-ring (bicyclic) bond motifs is 1. The first-order chi connectivity index (χ1) is 15.1.